The van der Waals surface area contributed by atoms with Crippen LogP contribution in [-0.4, -0.2) is 32.1 Å². The highest BCUT2D eigenvalue weighted by Crippen LogP contribution is 2.10. The molecule has 0 bridgehead atoms. The fraction of sp³-hybridized carbons (Fsp3) is 0.250. The van der Waals surface area contributed by atoms with Crippen LogP contribution in [0.3, 0.4) is 0 Å². The summed E-state index contributed by atoms with van der Waals surface area (Å²) in [7, 11) is 0. The molecule has 1 saturated heterocycles. The molecular weight excluding hydrogens is 405 g/mol. The number of aromatic nitrogens is 2. The van der Waals surface area contributed by atoms with Gasteiger partial charge < -0.3 is 4.98 Å². The summed E-state index contributed by atoms with van der Waals surface area (Å²) in [5.74, 6) is -0.309. The van der Waals surface area contributed by atoms with Gasteiger partial charge in [0.1, 0.15) is 6.04 Å². The standard InChI is InChI=1S/C12H12IN5O2S/c13-7-5-14-16-9(7)10(19)17-18-11(20)6-3-1-2-4-8(6)15-12(18)21/h1-4,7,9,14,16H,5H2,(H,15,21)(H,17,19). The molecule has 1 aromatic carbocycles. The molecule has 2 atom stereocenters. The van der Waals surface area contributed by atoms with Crippen LogP contribution in [0.25, 0.3) is 10.9 Å². The molecule has 21 heavy (non-hydrogen) atoms. The van der Waals surface area contributed by atoms with Crippen LogP contribution in [0.4, 0.5) is 0 Å². The van der Waals surface area contributed by atoms with E-state index in [1.807, 2.05) is 6.07 Å². The van der Waals surface area contributed by atoms with Crippen molar-refractivity contribution in [1.29, 1.82) is 0 Å². The predicted molar refractivity (Wildman–Crippen MR) is 90.5 cm³/mol. The Morgan fingerprint density at radius 1 is 1.43 bits per heavy atom. The summed E-state index contributed by atoms with van der Waals surface area (Å²) in [6.45, 7) is 0.679. The number of para-hydroxylation sites is 1. The molecule has 0 radical (unpaired) electrons. The zero-order valence-electron chi connectivity index (χ0n) is 10.7. The van der Waals surface area contributed by atoms with Crippen molar-refractivity contribution in [2.45, 2.75) is 9.97 Å². The smallest absolute Gasteiger partial charge is 0.281 e. The maximum Gasteiger partial charge on any atom is 0.281 e. The first kappa shape index (κ1) is 14.6. The van der Waals surface area contributed by atoms with Gasteiger partial charge in [-0.2, -0.15) is 4.68 Å². The number of nitrogens with zero attached hydrogens (tertiary/aromatic N) is 1. The molecule has 1 amide bonds. The lowest BCUT2D eigenvalue weighted by Crippen LogP contribution is -2.47. The Kier molecular flexibility index (Phi) is 4.06. The minimum atomic E-state index is -0.418. The van der Waals surface area contributed by atoms with Gasteiger partial charge in [-0.15, -0.1) is 0 Å². The van der Waals surface area contributed by atoms with Gasteiger partial charge in [0, 0.05) is 6.54 Å². The lowest BCUT2D eigenvalue weighted by Gasteiger charge is -2.15. The number of hydrazine groups is 1. The van der Waals surface area contributed by atoms with E-state index in [-0.39, 0.29) is 20.2 Å². The molecule has 0 spiro atoms. The summed E-state index contributed by atoms with van der Waals surface area (Å²) in [5, 5.41) is 0.468. The Hall–Kier alpha value is -1.30. The number of hydrogen-bond donors (Lipinski definition) is 4. The summed E-state index contributed by atoms with van der Waals surface area (Å²) in [6, 6.07) is 6.60. The highest BCUT2D eigenvalue weighted by atomic mass is 127. The van der Waals surface area contributed by atoms with Crippen LogP contribution in [0.2, 0.25) is 0 Å². The second-order valence-corrected chi connectivity index (χ2v) is 6.60. The molecule has 9 heteroatoms. The summed E-state index contributed by atoms with van der Waals surface area (Å²) in [6.07, 6.45) is 0. The molecule has 1 fully saturated rings. The van der Waals surface area contributed by atoms with Crippen LogP contribution in [0.15, 0.2) is 29.1 Å². The summed E-state index contributed by atoms with van der Waals surface area (Å²) >= 11 is 7.32. The van der Waals surface area contributed by atoms with Gasteiger partial charge in [0.2, 0.25) is 0 Å². The van der Waals surface area contributed by atoms with Crippen molar-refractivity contribution < 1.29 is 4.79 Å². The van der Waals surface area contributed by atoms with Crippen molar-refractivity contribution in [3.8, 4) is 0 Å². The van der Waals surface area contributed by atoms with Gasteiger partial charge in [-0.1, -0.05) is 34.7 Å². The first-order valence-electron chi connectivity index (χ1n) is 6.25. The quantitative estimate of drug-likeness (QED) is 0.323. The molecule has 1 aromatic heterocycles. The molecule has 110 valence electrons. The lowest BCUT2D eigenvalue weighted by molar-refractivity contribution is -0.118. The van der Waals surface area contributed by atoms with Gasteiger partial charge in [0.05, 0.1) is 14.8 Å². The van der Waals surface area contributed by atoms with Crippen molar-refractivity contribution in [2.24, 2.45) is 0 Å². The molecule has 1 aliphatic heterocycles. The molecule has 2 aromatic rings. The number of alkyl halides is 1. The van der Waals surface area contributed by atoms with E-state index in [2.05, 4.69) is 43.9 Å². The van der Waals surface area contributed by atoms with E-state index in [0.717, 1.165) is 4.68 Å². The molecule has 2 heterocycles. The molecule has 4 N–H and O–H groups in total. The molecule has 2 unspecified atom stereocenters. The number of amides is 1. The van der Waals surface area contributed by atoms with Crippen LogP contribution in [0, 0.1) is 4.77 Å². The predicted octanol–water partition coefficient (Wildman–Crippen LogP) is 0.409. The van der Waals surface area contributed by atoms with Crippen molar-refractivity contribution in [2.75, 3.05) is 12.0 Å². The number of rotatable bonds is 2. The Morgan fingerprint density at radius 2 is 2.19 bits per heavy atom. The second-order valence-electron chi connectivity index (χ2n) is 4.61. The van der Waals surface area contributed by atoms with E-state index in [0.29, 0.717) is 17.4 Å². The summed E-state index contributed by atoms with van der Waals surface area (Å²) < 4.78 is 1.32. The highest BCUT2D eigenvalue weighted by Gasteiger charge is 2.31. The fourth-order valence-electron chi connectivity index (χ4n) is 2.15. The maximum absolute atomic E-state index is 12.4. The largest absolute Gasteiger partial charge is 0.330 e. The molecule has 0 saturated carbocycles. The molecular formula is C12H12IN5O2S. The van der Waals surface area contributed by atoms with E-state index in [1.165, 1.54) is 0 Å². The van der Waals surface area contributed by atoms with Gasteiger partial charge in [-0.05, 0) is 24.4 Å². The molecule has 7 nitrogen and oxygen atoms in total. The van der Waals surface area contributed by atoms with E-state index in [9.17, 15) is 9.59 Å². The topological polar surface area (TPSA) is 91.0 Å². The van der Waals surface area contributed by atoms with E-state index < -0.39 is 6.04 Å². The van der Waals surface area contributed by atoms with Crippen LogP contribution in [-0.2, 0) is 4.79 Å². The normalized spacial score (nSPS) is 21.6. The van der Waals surface area contributed by atoms with Crippen LogP contribution >= 0.6 is 34.8 Å². The monoisotopic (exact) mass is 417 g/mol. The number of fused-ring (bicyclic) bond motifs is 1. The Morgan fingerprint density at radius 3 is 2.90 bits per heavy atom. The average Bonchev–Trinajstić information content (AvgIpc) is 2.89. The van der Waals surface area contributed by atoms with Crippen molar-refractivity contribution >= 4 is 51.6 Å². The van der Waals surface area contributed by atoms with Crippen molar-refractivity contribution in [3.05, 3.63) is 39.4 Å². The Labute approximate surface area is 138 Å². The van der Waals surface area contributed by atoms with Gasteiger partial charge in [-0.25, -0.2) is 5.43 Å². The number of carbonyl (C=O) groups is 1. The highest BCUT2D eigenvalue weighted by molar-refractivity contribution is 14.1. The number of benzene rings is 1. The first-order chi connectivity index (χ1) is 10.1. The fourth-order valence-corrected chi connectivity index (χ4v) is 3.11. The Balaban J connectivity index is 1.99. The second kappa shape index (κ2) is 5.83. The van der Waals surface area contributed by atoms with E-state index in [4.69, 9.17) is 12.2 Å². The van der Waals surface area contributed by atoms with Crippen LogP contribution in [0.5, 0.6) is 0 Å². The van der Waals surface area contributed by atoms with Crippen LogP contribution < -0.4 is 21.8 Å². The number of carbonyl (C=O) groups excluding carboxylic acids is 1. The third kappa shape index (κ3) is 2.73. The third-order valence-corrected chi connectivity index (χ3v) is 4.67. The number of H-pyrrole nitrogens is 1. The first-order valence-corrected chi connectivity index (χ1v) is 7.91. The van der Waals surface area contributed by atoms with Gasteiger partial charge >= 0.3 is 0 Å². The number of halogens is 1. The maximum atomic E-state index is 12.4. The third-order valence-electron chi connectivity index (χ3n) is 3.23. The summed E-state index contributed by atoms with van der Waals surface area (Å²) in [5.41, 5.74) is 8.64. The zero-order valence-corrected chi connectivity index (χ0v) is 13.7. The minimum Gasteiger partial charge on any atom is -0.330 e. The zero-order chi connectivity index (χ0) is 15.0. The van der Waals surface area contributed by atoms with Crippen molar-refractivity contribution in [3.63, 3.8) is 0 Å². The molecule has 1 aliphatic rings. The van der Waals surface area contributed by atoms with E-state index >= 15 is 0 Å². The van der Waals surface area contributed by atoms with Gasteiger partial charge in [0.25, 0.3) is 11.5 Å². The van der Waals surface area contributed by atoms with E-state index in [1.54, 1.807) is 18.2 Å². The summed E-state index contributed by atoms with van der Waals surface area (Å²) in [4.78, 5) is 27.6. The lowest BCUT2D eigenvalue weighted by atomic mass is 10.2. The van der Waals surface area contributed by atoms with Gasteiger partial charge in [0.15, 0.2) is 4.77 Å². The Bertz CT molecular complexity index is 817. The number of nitrogens with one attached hydrogen (secondary N) is 4. The number of hydrogen-bond acceptors (Lipinski definition) is 5. The van der Waals surface area contributed by atoms with Gasteiger partial charge in [-0.3, -0.25) is 20.4 Å². The van der Waals surface area contributed by atoms with Crippen LogP contribution in [0.1, 0.15) is 0 Å². The average molecular weight is 417 g/mol. The SMILES string of the molecule is O=C(Nn1c(=S)[nH]c2ccccc2c1=O)C1NNCC1I. The van der Waals surface area contributed by atoms with Crippen molar-refractivity contribution in [1.82, 2.24) is 20.5 Å². The molecule has 0 aliphatic carbocycles. The number of aromatic amines is 1. The minimum absolute atomic E-state index is 0.0938. The molecule has 3 rings (SSSR count).